The number of hydrogen-bond acceptors (Lipinski definition) is 5. The predicted molar refractivity (Wildman–Crippen MR) is 127 cm³/mol. The third kappa shape index (κ3) is 4.55. The molecule has 4 rings (SSSR count). The van der Waals surface area contributed by atoms with Crippen molar-refractivity contribution in [3.8, 4) is 0 Å². The highest BCUT2D eigenvalue weighted by Crippen LogP contribution is 2.25. The number of nitrogens with zero attached hydrogens (tertiary/aromatic N) is 2. The molecule has 0 fully saturated rings. The van der Waals surface area contributed by atoms with Crippen molar-refractivity contribution in [1.82, 2.24) is 4.57 Å². The third-order valence-electron chi connectivity index (χ3n) is 5.38. The summed E-state index contributed by atoms with van der Waals surface area (Å²) in [4.78, 5) is 25.4. The minimum Gasteiger partial charge on any atom is -0.465 e. The molecule has 0 bridgehead atoms. The molecule has 0 amide bonds. The van der Waals surface area contributed by atoms with Crippen molar-refractivity contribution in [2.45, 2.75) is 6.54 Å². The van der Waals surface area contributed by atoms with Crippen LogP contribution in [0.4, 0.5) is 10.1 Å². The number of rotatable bonds is 6. The van der Waals surface area contributed by atoms with Crippen LogP contribution < -0.4 is 4.31 Å². The Bertz CT molecular complexity index is 1480. The highest BCUT2D eigenvalue weighted by Gasteiger charge is 2.21. The number of hydrogen-bond donors (Lipinski definition) is 0. The van der Waals surface area contributed by atoms with E-state index in [-0.39, 0.29) is 18.0 Å². The Morgan fingerprint density at radius 2 is 1.62 bits per heavy atom. The van der Waals surface area contributed by atoms with E-state index >= 15 is 0 Å². The molecule has 0 unspecified atom stereocenters. The number of methoxy groups -OCH3 is 1. The van der Waals surface area contributed by atoms with Gasteiger partial charge < -0.3 is 4.74 Å². The maximum atomic E-state index is 13.2. The summed E-state index contributed by atoms with van der Waals surface area (Å²) in [5, 5.41) is 0.585. The molecule has 7 nitrogen and oxygen atoms in total. The first-order valence-corrected chi connectivity index (χ1v) is 12.1. The van der Waals surface area contributed by atoms with Gasteiger partial charge in [-0.15, -0.1) is 0 Å². The Morgan fingerprint density at radius 1 is 0.971 bits per heavy atom. The van der Waals surface area contributed by atoms with E-state index in [1.165, 1.54) is 70.7 Å². The molecule has 0 spiro atoms. The number of esters is 1. The molecule has 3 aromatic carbocycles. The second kappa shape index (κ2) is 9.11. The Labute approximate surface area is 196 Å². The first-order chi connectivity index (χ1) is 16.2. The zero-order chi connectivity index (χ0) is 24.5. The molecule has 0 aliphatic rings. The highest BCUT2D eigenvalue weighted by molar-refractivity contribution is 7.92. The van der Waals surface area contributed by atoms with Crippen molar-refractivity contribution in [1.29, 1.82) is 0 Å². The molecule has 9 heteroatoms. The van der Waals surface area contributed by atoms with Crippen LogP contribution in [0.5, 0.6) is 0 Å². The molecule has 1 heterocycles. The molecule has 0 aliphatic heterocycles. The monoisotopic (exact) mass is 480 g/mol. The molecule has 34 heavy (non-hydrogen) atoms. The molecule has 0 saturated heterocycles. The van der Waals surface area contributed by atoms with Crippen LogP contribution in [-0.4, -0.2) is 38.2 Å². The fourth-order valence-corrected chi connectivity index (χ4v) is 4.57. The zero-order valence-electron chi connectivity index (χ0n) is 18.4. The van der Waals surface area contributed by atoms with E-state index in [0.717, 1.165) is 6.26 Å². The summed E-state index contributed by atoms with van der Waals surface area (Å²) in [5.41, 5.74) is 2.09. The van der Waals surface area contributed by atoms with E-state index in [1.807, 2.05) is 0 Å². The van der Waals surface area contributed by atoms with Gasteiger partial charge in [0.05, 0.1) is 36.7 Å². The molecule has 0 radical (unpaired) electrons. The van der Waals surface area contributed by atoms with Crippen molar-refractivity contribution >= 4 is 38.5 Å². The number of benzene rings is 3. The van der Waals surface area contributed by atoms with E-state index in [4.69, 9.17) is 4.74 Å². The average Bonchev–Trinajstić information content (AvgIpc) is 3.22. The lowest BCUT2D eigenvalue weighted by atomic mass is 10.1. The van der Waals surface area contributed by atoms with Crippen LogP contribution in [-0.2, 0) is 21.3 Å². The number of para-hydroxylation sites is 1. The first-order valence-electron chi connectivity index (χ1n) is 10.2. The predicted octanol–water partition coefficient (Wildman–Crippen LogP) is 4.22. The molecule has 0 saturated carbocycles. The molecule has 1 aromatic heterocycles. The summed E-state index contributed by atoms with van der Waals surface area (Å²) < 4.78 is 45.4. The van der Waals surface area contributed by atoms with Gasteiger partial charge in [0.2, 0.25) is 10.0 Å². The molecule has 174 valence electrons. The van der Waals surface area contributed by atoms with Gasteiger partial charge in [0.25, 0.3) is 5.91 Å². The Morgan fingerprint density at radius 3 is 2.24 bits per heavy atom. The van der Waals surface area contributed by atoms with E-state index in [9.17, 15) is 22.4 Å². The zero-order valence-corrected chi connectivity index (χ0v) is 19.3. The topological polar surface area (TPSA) is 85.7 Å². The van der Waals surface area contributed by atoms with Gasteiger partial charge >= 0.3 is 5.97 Å². The fourth-order valence-electron chi connectivity index (χ4n) is 3.69. The van der Waals surface area contributed by atoms with Crippen LogP contribution in [0.15, 0.2) is 79.0 Å². The average molecular weight is 481 g/mol. The second-order valence-electron chi connectivity index (χ2n) is 7.67. The van der Waals surface area contributed by atoms with Gasteiger partial charge in [-0.25, -0.2) is 17.6 Å². The maximum absolute atomic E-state index is 13.2. The van der Waals surface area contributed by atoms with Gasteiger partial charge in [0.1, 0.15) is 5.82 Å². The van der Waals surface area contributed by atoms with Crippen LogP contribution in [0.3, 0.4) is 0 Å². The molecule has 0 aliphatic carbocycles. The SMILES string of the molecule is COC(=O)c1cn(C(=O)c2ccc(N(Cc3ccc(F)cc3)S(C)(=O)=O)cc2)c2ccccc12. The van der Waals surface area contributed by atoms with Gasteiger partial charge in [-0.2, -0.15) is 0 Å². The number of fused-ring (bicyclic) bond motifs is 1. The number of aromatic nitrogens is 1. The van der Waals surface area contributed by atoms with Crippen LogP contribution in [0.2, 0.25) is 0 Å². The summed E-state index contributed by atoms with van der Waals surface area (Å²) in [6.45, 7) is 0.0110. The minimum atomic E-state index is -3.65. The van der Waals surface area contributed by atoms with Crippen LogP contribution in [0.1, 0.15) is 26.3 Å². The van der Waals surface area contributed by atoms with Gasteiger partial charge in [0, 0.05) is 17.1 Å². The van der Waals surface area contributed by atoms with Crippen molar-refractivity contribution in [2.24, 2.45) is 0 Å². The smallest absolute Gasteiger partial charge is 0.340 e. The molecular weight excluding hydrogens is 459 g/mol. The lowest BCUT2D eigenvalue weighted by Crippen LogP contribution is -2.29. The minimum absolute atomic E-state index is 0.0110. The molecule has 0 N–H and O–H groups in total. The van der Waals surface area contributed by atoms with E-state index < -0.39 is 21.8 Å². The third-order valence-corrected chi connectivity index (χ3v) is 6.52. The van der Waals surface area contributed by atoms with Gasteiger partial charge in [0.15, 0.2) is 0 Å². The number of anilines is 1. The second-order valence-corrected chi connectivity index (χ2v) is 9.58. The van der Waals surface area contributed by atoms with Crippen molar-refractivity contribution < 1.29 is 27.1 Å². The van der Waals surface area contributed by atoms with Crippen molar-refractivity contribution in [3.63, 3.8) is 0 Å². The summed E-state index contributed by atoms with van der Waals surface area (Å²) in [6.07, 6.45) is 2.51. The van der Waals surface area contributed by atoms with E-state index in [2.05, 4.69) is 0 Å². The van der Waals surface area contributed by atoms with E-state index in [0.29, 0.717) is 27.7 Å². The molecule has 0 atom stereocenters. The van der Waals surface area contributed by atoms with Crippen molar-refractivity contribution in [2.75, 3.05) is 17.7 Å². The summed E-state index contributed by atoms with van der Waals surface area (Å²) >= 11 is 0. The van der Waals surface area contributed by atoms with Crippen LogP contribution >= 0.6 is 0 Å². The maximum Gasteiger partial charge on any atom is 0.340 e. The highest BCUT2D eigenvalue weighted by atomic mass is 32.2. The lowest BCUT2D eigenvalue weighted by molar-refractivity contribution is 0.0603. The Hall–Kier alpha value is -3.98. The number of carbonyl (C=O) groups excluding carboxylic acids is 2. The van der Waals surface area contributed by atoms with Crippen molar-refractivity contribution in [3.05, 3.63) is 102 Å². The normalized spacial score (nSPS) is 11.4. The van der Waals surface area contributed by atoms with Gasteiger partial charge in [-0.05, 0) is 48.0 Å². The summed E-state index contributed by atoms with van der Waals surface area (Å²) in [5.74, 6) is -1.35. The largest absolute Gasteiger partial charge is 0.465 e. The lowest BCUT2D eigenvalue weighted by Gasteiger charge is -2.22. The summed E-state index contributed by atoms with van der Waals surface area (Å²) in [7, 11) is -2.38. The van der Waals surface area contributed by atoms with Crippen LogP contribution in [0.25, 0.3) is 10.9 Å². The fraction of sp³-hybridized carbons (Fsp3) is 0.120. The number of carbonyl (C=O) groups is 2. The number of sulfonamides is 1. The first kappa shape index (κ1) is 23.2. The number of halogens is 1. The summed E-state index contributed by atoms with van der Waals surface area (Å²) in [6, 6.07) is 18.6. The quantitative estimate of drug-likeness (QED) is 0.386. The number of ether oxygens (including phenoxy) is 1. The van der Waals surface area contributed by atoms with E-state index in [1.54, 1.807) is 24.3 Å². The Balaban J connectivity index is 1.67. The van der Waals surface area contributed by atoms with Gasteiger partial charge in [-0.3, -0.25) is 13.7 Å². The standard InChI is InChI=1S/C25H21FN2O5S/c1-33-25(30)22-16-27(23-6-4-3-5-21(22)23)24(29)18-9-13-20(14-10-18)28(34(2,31)32)15-17-7-11-19(26)12-8-17/h3-14,16H,15H2,1-2H3. The van der Waals surface area contributed by atoms with Crippen LogP contribution in [0, 0.1) is 5.82 Å². The Kier molecular flexibility index (Phi) is 6.21. The molecule has 4 aromatic rings. The molecular formula is C25H21FN2O5S. The van der Waals surface area contributed by atoms with Gasteiger partial charge in [-0.1, -0.05) is 30.3 Å².